The molecule has 0 spiro atoms. The summed E-state index contributed by atoms with van der Waals surface area (Å²) in [5, 5.41) is 3.98. The first-order valence-corrected chi connectivity index (χ1v) is 19.4. The average molecular weight is 667 g/mol. The zero-order valence-corrected chi connectivity index (χ0v) is 29.3. The van der Waals surface area contributed by atoms with Gasteiger partial charge in [-0.3, -0.25) is 0 Å². The fourth-order valence-electron chi connectivity index (χ4n) is 9.99. The molecule has 2 heterocycles. The van der Waals surface area contributed by atoms with E-state index < -0.39 is 0 Å². The van der Waals surface area contributed by atoms with Crippen molar-refractivity contribution in [2.24, 2.45) is 5.92 Å². The Balaban J connectivity index is 0.922. The zero-order chi connectivity index (χ0) is 33.7. The van der Waals surface area contributed by atoms with Crippen LogP contribution in [0.4, 0.5) is 11.4 Å². The van der Waals surface area contributed by atoms with E-state index in [9.17, 15) is 0 Å². The van der Waals surface area contributed by atoms with Gasteiger partial charge < -0.3 is 15.0 Å². The number of benzene rings is 3. The van der Waals surface area contributed by atoms with E-state index in [0.29, 0.717) is 23.8 Å². The Labute approximate surface area is 302 Å². The number of ether oxygens (including phenoxy) is 1. The second kappa shape index (κ2) is 12.9. The first-order chi connectivity index (χ1) is 25.3. The number of nitrogens with zero attached hydrogens (tertiary/aromatic N) is 1. The van der Waals surface area contributed by atoms with E-state index in [0.717, 1.165) is 62.9 Å². The van der Waals surface area contributed by atoms with E-state index in [1.54, 1.807) is 5.57 Å². The molecule has 3 aromatic carbocycles. The molecule has 5 aliphatic carbocycles. The Bertz CT molecular complexity index is 2120. The number of allylic oxidation sites excluding steroid dienone is 14. The topological polar surface area (TPSA) is 24.5 Å². The summed E-state index contributed by atoms with van der Waals surface area (Å²) in [6.07, 6.45) is 33.8. The van der Waals surface area contributed by atoms with Gasteiger partial charge in [0, 0.05) is 40.5 Å². The number of hydrogen-bond acceptors (Lipinski definition) is 3. The lowest BCUT2D eigenvalue weighted by molar-refractivity contribution is 0.343. The molecule has 0 bridgehead atoms. The standard InChI is InChI=1S/C48H46N2O/c1-3-13-33(14-4-1)38-28-29-43(48-47(38)40-19-9-12-22-46(40)51-48)49-42-20-10-7-17-37(42)34-25-23-32(24-26-34)35-27-30-45-41(31-35)39-18-8-11-21-44(39)50(45)36-15-5-2-6-16-36/h1-3,5-6,8-10,12-13,15-16,18-20,22-23,25-27,30-32,38-39,44,47,49H,4,7,11,14,17,21,24,28-29H2. The Morgan fingerprint density at radius 2 is 1.67 bits per heavy atom. The third kappa shape index (κ3) is 5.41. The van der Waals surface area contributed by atoms with Crippen molar-refractivity contribution in [2.45, 2.75) is 81.6 Å². The third-order valence-electron chi connectivity index (χ3n) is 12.4. The molecule has 10 rings (SSSR count). The molecule has 0 saturated heterocycles. The summed E-state index contributed by atoms with van der Waals surface area (Å²) in [5.41, 5.74) is 13.8. The van der Waals surface area contributed by atoms with Crippen molar-refractivity contribution in [3.05, 3.63) is 184 Å². The third-order valence-corrected chi connectivity index (χ3v) is 12.4. The van der Waals surface area contributed by atoms with Crippen LogP contribution in [0.1, 0.15) is 92.2 Å². The zero-order valence-electron chi connectivity index (χ0n) is 29.3. The van der Waals surface area contributed by atoms with Gasteiger partial charge in [0.1, 0.15) is 11.5 Å². The van der Waals surface area contributed by atoms with Gasteiger partial charge in [-0.2, -0.15) is 0 Å². The number of para-hydroxylation sites is 2. The summed E-state index contributed by atoms with van der Waals surface area (Å²) in [4.78, 5) is 2.60. The molecule has 51 heavy (non-hydrogen) atoms. The maximum absolute atomic E-state index is 6.72. The number of rotatable bonds is 6. The largest absolute Gasteiger partial charge is 0.459 e. The van der Waals surface area contributed by atoms with Crippen LogP contribution in [0, 0.1) is 5.92 Å². The van der Waals surface area contributed by atoms with E-state index in [2.05, 4.69) is 144 Å². The van der Waals surface area contributed by atoms with Gasteiger partial charge in [-0.25, -0.2) is 0 Å². The predicted octanol–water partition coefficient (Wildman–Crippen LogP) is 11.9. The Morgan fingerprint density at radius 3 is 2.55 bits per heavy atom. The first kappa shape index (κ1) is 30.8. The summed E-state index contributed by atoms with van der Waals surface area (Å²) in [7, 11) is 0. The van der Waals surface area contributed by atoms with Crippen molar-refractivity contribution in [1.29, 1.82) is 0 Å². The molecule has 3 aromatic rings. The Hall–Kier alpha value is -5.02. The molecule has 254 valence electrons. The average Bonchev–Trinajstić information content (AvgIpc) is 3.76. The highest BCUT2D eigenvalue weighted by molar-refractivity contribution is 5.74. The van der Waals surface area contributed by atoms with Crippen LogP contribution in [0.25, 0.3) is 0 Å². The van der Waals surface area contributed by atoms with Gasteiger partial charge in [0.2, 0.25) is 0 Å². The normalized spacial score (nSPS) is 27.4. The van der Waals surface area contributed by atoms with E-state index in [-0.39, 0.29) is 5.92 Å². The molecule has 0 amide bonds. The fourth-order valence-corrected chi connectivity index (χ4v) is 9.99. The highest BCUT2D eigenvalue weighted by Crippen LogP contribution is 2.54. The summed E-state index contributed by atoms with van der Waals surface area (Å²) in [5.74, 6) is 3.80. The second-order valence-corrected chi connectivity index (χ2v) is 15.3. The van der Waals surface area contributed by atoms with Gasteiger partial charge >= 0.3 is 0 Å². The second-order valence-electron chi connectivity index (χ2n) is 15.3. The van der Waals surface area contributed by atoms with Crippen LogP contribution in [0.15, 0.2) is 167 Å². The number of fused-ring (bicyclic) bond motifs is 6. The number of hydrogen-bond donors (Lipinski definition) is 1. The molecule has 3 heteroatoms. The van der Waals surface area contributed by atoms with Gasteiger partial charge in [-0.05, 0) is 116 Å². The quantitative estimate of drug-likeness (QED) is 0.265. The first-order valence-electron chi connectivity index (χ1n) is 19.4. The summed E-state index contributed by atoms with van der Waals surface area (Å²) < 4.78 is 6.72. The van der Waals surface area contributed by atoms with Gasteiger partial charge in [0.05, 0.1) is 11.6 Å². The van der Waals surface area contributed by atoms with Gasteiger partial charge in [0.25, 0.3) is 0 Å². The summed E-state index contributed by atoms with van der Waals surface area (Å²) >= 11 is 0. The van der Waals surface area contributed by atoms with E-state index in [1.165, 1.54) is 57.0 Å². The van der Waals surface area contributed by atoms with Crippen molar-refractivity contribution < 1.29 is 4.74 Å². The van der Waals surface area contributed by atoms with Gasteiger partial charge in [0.15, 0.2) is 0 Å². The molecule has 0 fully saturated rings. The van der Waals surface area contributed by atoms with Crippen molar-refractivity contribution in [1.82, 2.24) is 5.32 Å². The van der Waals surface area contributed by atoms with Crippen LogP contribution in [0.5, 0.6) is 5.75 Å². The minimum absolute atomic E-state index is 0.285. The molecular weight excluding hydrogens is 621 g/mol. The molecule has 1 N–H and O–H groups in total. The minimum atomic E-state index is 0.285. The van der Waals surface area contributed by atoms with Crippen LogP contribution in [0.2, 0.25) is 0 Å². The maximum Gasteiger partial charge on any atom is 0.131 e. The lowest BCUT2D eigenvalue weighted by Crippen LogP contribution is -2.30. The summed E-state index contributed by atoms with van der Waals surface area (Å²) in [6, 6.07) is 27.5. The lowest BCUT2D eigenvalue weighted by Gasteiger charge is -2.34. The smallest absolute Gasteiger partial charge is 0.131 e. The SMILES string of the molecule is C1=CCCC(C2CCC(NC3=C(C4=CCC(c5ccc6c(c5)C5C=CCCC5N6c5ccccc5)C=C4)CCC=C3)=C3Oc4ccccc4C32)=C1. The highest BCUT2D eigenvalue weighted by atomic mass is 16.5. The van der Waals surface area contributed by atoms with Crippen LogP contribution in [-0.2, 0) is 0 Å². The fraction of sp³-hybridized carbons (Fsp3) is 0.292. The minimum Gasteiger partial charge on any atom is -0.459 e. The van der Waals surface area contributed by atoms with Gasteiger partial charge in [-0.1, -0.05) is 109 Å². The van der Waals surface area contributed by atoms with E-state index >= 15 is 0 Å². The molecule has 0 saturated carbocycles. The van der Waals surface area contributed by atoms with E-state index in [1.807, 2.05) is 0 Å². The molecule has 3 nitrogen and oxygen atoms in total. The molecule has 0 aromatic heterocycles. The molecule has 5 atom stereocenters. The van der Waals surface area contributed by atoms with Crippen LogP contribution >= 0.6 is 0 Å². The van der Waals surface area contributed by atoms with Crippen LogP contribution in [-0.4, -0.2) is 6.04 Å². The lowest BCUT2D eigenvalue weighted by atomic mass is 9.72. The predicted molar refractivity (Wildman–Crippen MR) is 209 cm³/mol. The van der Waals surface area contributed by atoms with Crippen LogP contribution < -0.4 is 15.0 Å². The molecule has 2 aliphatic heterocycles. The molecule has 7 aliphatic rings. The van der Waals surface area contributed by atoms with Gasteiger partial charge in [-0.15, -0.1) is 0 Å². The molecule has 0 radical (unpaired) electrons. The number of anilines is 2. The maximum atomic E-state index is 6.72. The van der Waals surface area contributed by atoms with Crippen molar-refractivity contribution in [3.63, 3.8) is 0 Å². The molecule has 5 unspecified atom stereocenters. The van der Waals surface area contributed by atoms with Crippen molar-refractivity contribution in [3.8, 4) is 5.75 Å². The highest BCUT2D eigenvalue weighted by Gasteiger charge is 2.42. The Morgan fingerprint density at radius 1 is 0.765 bits per heavy atom. The monoisotopic (exact) mass is 666 g/mol. The summed E-state index contributed by atoms with van der Waals surface area (Å²) in [6.45, 7) is 0. The van der Waals surface area contributed by atoms with Crippen molar-refractivity contribution >= 4 is 11.4 Å². The van der Waals surface area contributed by atoms with E-state index in [4.69, 9.17) is 4.74 Å². The number of nitrogens with one attached hydrogen (secondary N) is 1. The Kier molecular flexibility index (Phi) is 7.81. The van der Waals surface area contributed by atoms with Crippen molar-refractivity contribution in [2.75, 3.05) is 4.90 Å². The molecular formula is C48H46N2O. The van der Waals surface area contributed by atoms with Crippen LogP contribution in [0.3, 0.4) is 0 Å².